The van der Waals surface area contributed by atoms with Gasteiger partial charge in [0.05, 0.1) is 17.5 Å². The smallest absolute Gasteiger partial charge is 0.392 e. The minimum absolute atomic E-state index is 0.0355. The van der Waals surface area contributed by atoms with Gasteiger partial charge in [0.1, 0.15) is 11.4 Å². The average Bonchev–Trinajstić information content (AvgIpc) is 2.73. The Labute approximate surface area is 197 Å². The largest absolute Gasteiger partial charge is 0.460 e. The molecular formula is C26H31F4NO3. The molecule has 0 spiro atoms. The quantitative estimate of drug-likeness (QED) is 0.342. The van der Waals surface area contributed by atoms with E-state index in [0.29, 0.717) is 12.0 Å². The van der Waals surface area contributed by atoms with Gasteiger partial charge in [-0.15, -0.1) is 0 Å². The van der Waals surface area contributed by atoms with Gasteiger partial charge in [0.25, 0.3) is 0 Å². The van der Waals surface area contributed by atoms with Crippen LogP contribution in [0.1, 0.15) is 63.6 Å². The minimum Gasteiger partial charge on any atom is -0.460 e. The molecule has 0 aliphatic rings. The van der Waals surface area contributed by atoms with Crippen molar-refractivity contribution in [3.05, 3.63) is 65.0 Å². The monoisotopic (exact) mass is 481 g/mol. The Bertz CT molecular complexity index is 995. The number of aryl methyl sites for hydroxylation is 2. The highest BCUT2D eigenvalue weighted by Gasteiger charge is 2.45. The number of hydrogen-bond acceptors (Lipinski definition) is 3. The number of rotatable bonds is 8. The minimum atomic E-state index is -4.63. The summed E-state index contributed by atoms with van der Waals surface area (Å²) in [4.78, 5) is 24.9. The molecule has 34 heavy (non-hydrogen) atoms. The summed E-state index contributed by atoms with van der Waals surface area (Å²) in [6.45, 7) is 8.07. The second-order valence-electron chi connectivity index (χ2n) is 9.29. The standard InChI is InChI=1S/C26H31F4NO3/c1-6-17-7-11-19(12-8-17)23(16(2)26(28,29)30)24(33)31-21-15-18(9-13-20(21)27)10-14-22(32)34-25(3,4)5/h7-9,11-13,15-16,23H,6,10,14H2,1-5H3,(H,31,33). The van der Waals surface area contributed by atoms with Crippen LogP contribution in [0.15, 0.2) is 42.5 Å². The van der Waals surface area contributed by atoms with Gasteiger partial charge in [0, 0.05) is 6.42 Å². The number of carbonyl (C=O) groups excluding carboxylic acids is 2. The molecule has 2 aromatic carbocycles. The maximum Gasteiger partial charge on any atom is 0.392 e. The highest BCUT2D eigenvalue weighted by Crippen LogP contribution is 2.38. The van der Waals surface area contributed by atoms with Gasteiger partial charge in [-0.3, -0.25) is 9.59 Å². The zero-order valence-corrected chi connectivity index (χ0v) is 20.1. The van der Waals surface area contributed by atoms with Crippen LogP contribution in [-0.2, 0) is 27.2 Å². The van der Waals surface area contributed by atoms with E-state index in [-0.39, 0.29) is 24.1 Å². The van der Waals surface area contributed by atoms with Gasteiger partial charge in [0.2, 0.25) is 5.91 Å². The Kier molecular flexibility index (Phi) is 8.86. The lowest BCUT2D eigenvalue weighted by Crippen LogP contribution is -2.34. The van der Waals surface area contributed by atoms with E-state index < -0.39 is 41.3 Å². The number of benzene rings is 2. The van der Waals surface area contributed by atoms with Gasteiger partial charge in [-0.1, -0.05) is 44.2 Å². The van der Waals surface area contributed by atoms with Gasteiger partial charge in [-0.2, -0.15) is 13.2 Å². The molecule has 0 saturated heterocycles. The van der Waals surface area contributed by atoms with Crippen molar-refractivity contribution in [1.29, 1.82) is 0 Å². The van der Waals surface area contributed by atoms with Crippen LogP contribution in [-0.4, -0.2) is 23.7 Å². The van der Waals surface area contributed by atoms with Crippen LogP contribution >= 0.6 is 0 Å². The lowest BCUT2D eigenvalue weighted by molar-refractivity contribution is -0.178. The molecule has 186 valence electrons. The number of amides is 1. The molecule has 2 unspecified atom stereocenters. The number of hydrogen-bond donors (Lipinski definition) is 1. The first-order chi connectivity index (χ1) is 15.7. The maximum atomic E-state index is 14.4. The normalized spacial score (nSPS) is 13.8. The van der Waals surface area contributed by atoms with Crippen molar-refractivity contribution in [3.8, 4) is 0 Å². The molecule has 0 aliphatic heterocycles. The van der Waals surface area contributed by atoms with E-state index in [1.54, 1.807) is 32.9 Å². The molecule has 1 N–H and O–H groups in total. The molecule has 2 rings (SSSR count). The van der Waals surface area contributed by atoms with Crippen molar-refractivity contribution in [1.82, 2.24) is 0 Å². The van der Waals surface area contributed by atoms with E-state index in [1.165, 1.54) is 24.3 Å². The van der Waals surface area contributed by atoms with E-state index in [2.05, 4.69) is 5.32 Å². The Morgan fingerprint density at radius 3 is 2.12 bits per heavy atom. The Hall–Kier alpha value is -2.90. The summed E-state index contributed by atoms with van der Waals surface area (Å²) in [5.74, 6) is -5.72. The number of esters is 1. The van der Waals surface area contributed by atoms with Gasteiger partial charge in [-0.25, -0.2) is 4.39 Å². The van der Waals surface area contributed by atoms with Gasteiger partial charge < -0.3 is 10.1 Å². The molecule has 2 aromatic rings. The topological polar surface area (TPSA) is 55.4 Å². The molecule has 4 nitrogen and oxygen atoms in total. The first-order valence-electron chi connectivity index (χ1n) is 11.2. The van der Waals surface area contributed by atoms with Crippen molar-refractivity contribution >= 4 is 17.6 Å². The maximum absolute atomic E-state index is 14.4. The van der Waals surface area contributed by atoms with E-state index in [0.717, 1.165) is 18.6 Å². The number of ether oxygens (including phenoxy) is 1. The Morgan fingerprint density at radius 1 is 1.00 bits per heavy atom. The van der Waals surface area contributed by atoms with Crippen LogP contribution in [0, 0.1) is 11.7 Å². The van der Waals surface area contributed by atoms with Crippen LogP contribution in [0.3, 0.4) is 0 Å². The highest BCUT2D eigenvalue weighted by molar-refractivity contribution is 5.96. The van der Waals surface area contributed by atoms with Gasteiger partial charge >= 0.3 is 12.1 Å². The summed E-state index contributed by atoms with van der Waals surface area (Å²) in [6, 6.07) is 10.2. The first kappa shape index (κ1) is 27.3. The van der Waals surface area contributed by atoms with Crippen molar-refractivity contribution in [2.75, 3.05) is 5.32 Å². The molecule has 8 heteroatoms. The predicted molar refractivity (Wildman–Crippen MR) is 123 cm³/mol. The molecule has 0 fully saturated rings. The average molecular weight is 482 g/mol. The molecule has 0 saturated carbocycles. The van der Waals surface area contributed by atoms with E-state index in [4.69, 9.17) is 4.74 Å². The van der Waals surface area contributed by atoms with Crippen molar-refractivity contribution in [3.63, 3.8) is 0 Å². The fourth-order valence-electron chi connectivity index (χ4n) is 3.49. The first-order valence-corrected chi connectivity index (χ1v) is 11.2. The number of halogens is 4. The summed E-state index contributed by atoms with van der Waals surface area (Å²) < 4.78 is 60.4. The third kappa shape index (κ3) is 7.85. The van der Waals surface area contributed by atoms with Crippen LogP contribution in [0.25, 0.3) is 0 Å². The van der Waals surface area contributed by atoms with E-state index >= 15 is 0 Å². The fourth-order valence-corrected chi connectivity index (χ4v) is 3.49. The highest BCUT2D eigenvalue weighted by atomic mass is 19.4. The SMILES string of the molecule is CCc1ccc(C(C(=O)Nc2cc(CCC(=O)OC(C)(C)C)ccc2F)C(C)C(F)(F)F)cc1. The lowest BCUT2D eigenvalue weighted by Gasteiger charge is -2.26. The Morgan fingerprint density at radius 2 is 1.59 bits per heavy atom. The van der Waals surface area contributed by atoms with Crippen molar-refractivity contribution in [2.24, 2.45) is 5.92 Å². The fraction of sp³-hybridized carbons (Fsp3) is 0.462. The molecule has 0 bridgehead atoms. The number of alkyl halides is 3. The summed E-state index contributed by atoms with van der Waals surface area (Å²) in [5.41, 5.74) is 0.775. The van der Waals surface area contributed by atoms with Crippen LogP contribution in [0.5, 0.6) is 0 Å². The van der Waals surface area contributed by atoms with Crippen molar-refractivity contribution < 1.29 is 31.9 Å². The zero-order chi connectivity index (χ0) is 25.7. The summed E-state index contributed by atoms with van der Waals surface area (Å²) in [7, 11) is 0. The van der Waals surface area contributed by atoms with Crippen molar-refractivity contribution in [2.45, 2.75) is 71.6 Å². The van der Waals surface area contributed by atoms with Crippen LogP contribution < -0.4 is 5.32 Å². The summed E-state index contributed by atoms with van der Waals surface area (Å²) in [5, 5.41) is 2.33. The molecular weight excluding hydrogens is 450 g/mol. The third-order valence-corrected chi connectivity index (χ3v) is 5.37. The number of carbonyl (C=O) groups is 2. The number of nitrogens with one attached hydrogen (secondary N) is 1. The summed E-state index contributed by atoms with van der Waals surface area (Å²) >= 11 is 0. The number of anilines is 1. The van der Waals surface area contributed by atoms with E-state index in [9.17, 15) is 27.2 Å². The predicted octanol–water partition coefficient (Wildman–Crippen LogP) is 6.58. The Balaban J connectivity index is 2.25. The zero-order valence-electron chi connectivity index (χ0n) is 20.1. The third-order valence-electron chi connectivity index (χ3n) is 5.37. The molecule has 0 heterocycles. The van der Waals surface area contributed by atoms with Crippen LogP contribution in [0.2, 0.25) is 0 Å². The van der Waals surface area contributed by atoms with Crippen LogP contribution in [0.4, 0.5) is 23.2 Å². The molecule has 2 atom stereocenters. The second-order valence-corrected chi connectivity index (χ2v) is 9.29. The summed E-state index contributed by atoms with van der Waals surface area (Å²) in [6.07, 6.45) is -3.67. The molecule has 0 radical (unpaired) electrons. The van der Waals surface area contributed by atoms with Gasteiger partial charge in [0.15, 0.2) is 0 Å². The molecule has 1 amide bonds. The lowest BCUT2D eigenvalue weighted by atomic mass is 9.85. The van der Waals surface area contributed by atoms with E-state index in [1.807, 2.05) is 6.92 Å². The molecule has 0 aliphatic carbocycles. The molecule has 0 aromatic heterocycles. The second kappa shape index (κ2) is 11.0. The van der Waals surface area contributed by atoms with Gasteiger partial charge in [-0.05, 0) is 62.4 Å².